The Hall–Kier alpha value is -2.17. The smallest absolute Gasteiger partial charge is 0.199 e. The van der Waals surface area contributed by atoms with E-state index in [2.05, 4.69) is 4.98 Å². The lowest BCUT2D eigenvalue weighted by Crippen LogP contribution is -2.02. The standard InChI is InChI=1S/C16H11F4N/c1-6-4-7(2)15-9(5-6)8(3)10-11(17)12(18)13(19)14(20)16(10)21-15/h4-5H,1-3H3. The third kappa shape index (κ3) is 1.80. The van der Waals surface area contributed by atoms with Crippen molar-refractivity contribution in [2.45, 2.75) is 20.8 Å². The highest BCUT2D eigenvalue weighted by Crippen LogP contribution is 2.33. The Morgan fingerprint density at radius 1 is 0.762 bits per heavy atom. The number of pyridine rings is 1. The van der Waals surface area contributed by atoms with Gasteiger partial charge in [-0.25, -0.2) is 22.5 Å². The zero-order valence-corrected chi connectivity index (χ0v) is 11.6. The van der Waals surface area contributed by atoms with Gasteiger partial charge in [0.25, 0.3) is 0 Å². The molecule has 0 spiro atoms. The topological polar surface area (TPSA) is 12.9 Å². The van der Waals surface area contributed by atoms with E-state index in [1.807, 2.05) is 13.0 Å². The van der Waals surface area contributed by atoms with Crippen LogP contribution in [0.1, 0.15) is 16.7 Å². The molecular formula is C16H11F4N. The molecule has 2 aromatic carbocycles. The third-order valence-corrected chi connectivity index (χ3v) is 3.69. The second-order valence-electron chi connectivity index (χ2n) is 5.19. The van der Waals surface area contributed by atoms with Crippen molar-refractivity contribution >= 4 is 21.8 Å². The van der Waals surface area contributed by atoms with Crippen LogP contribution in [-0.2, 0) is 0 Å². The van der Waals surface area contributed by atoms with E-state index in [1.54, 1.807) is 19.9 Å². The van der Waals surface area contributed by atoms with Gasteiger partial charge in [-0.1, -0.05) is 11.6 Å². The van der Waals surface area contributed by atoms with Crippen molar-refractivity contribution in [1.29, 1.82) is 0 Å². The molecule has 0 radical (unpaired) electrons. The minimum Gasteiger partial charge on any atom is -0.244 e. The number of hydrogen-bond donors (Lipinski definition) is 0. The molecule has 108 valence electrons. The Morgan fingerprint density at radius 3 is 2.05 bits per heavy atom. The number of nitrogens with zero attached hydrogens (tertiary/aromatic N) is 1. The molecule has 0 saturated carbocycles. The van der Waals surface area contributed by atoms with E-state index < -0.39 is 28.8 Å². The molecule has 0 N–H and O–H groups in total. The van der Waals surface area contributed by atoms with E-state index in [0.717, 1.165) is 11.1 Å². The van der Waals surface area contributed by atoms with Gasteiger partial charge in [0.05, 0.1) is 5.52 Å². The molecule has 3 aromatic rings. The van der Waals surface area contributed by atoms with E-state index in [0.29, 0.717) is 16.5 Å². The number of rotatable bonds is 0. The summed E-state index contributed by atoms with van der Waals surface area (Å²) in [5, 5.41) is 0.285. The number of benzene rings is 2. The summed E-state index contributed by atoms with van der Waals surface area (Å²) in [7, 11) is 0. The summed E-state index contributed by atoms with van der Waals surface area (Å²) in [4.78, 5) is 4.02. The summed E-state index contributed by atoms with van der Waals surface area (Å²) in [6, 6.07) is 3.61. The summed E-state index contributed by atoms with van der Waals surface area (Å²) in [6.45, 7) is 5.19. The molecule has 5 heteroatoms. The molecular weight excluding hydrogens is 282 g/mol. The van der Waals surface area contributed by atoms with E-state index in [9.17, 15) is 17.6 Å². The van der Waals surface area contributed by atoms with Crippen LogP contribution in [0.5, 0.6) is 0 Å². The van der Waals surface area contributed by atoms with Gasteiger partial charge in [-0.2, -0.15) is 0 Å². The van der Waals surface area contributed by atoms with Crippen LogP contribution < -0.4 is 0 Å². The fourth-order valence-corrected chi connectivity index (χ4v) is 2.71. The van der Waals surface area contributed by atoms with Crippen LogP contribution in [-0.4, -0.2) is 4.98 Å². The lowest BCUT2D eigenvalue weighted by Gasteiger charge is -2.12. The zero-order valence-electron chi connectivity index (χ0n) is 11.6. The predicted octanol–water partition coefficient (Wildman–Crippen LogP) is 4.87. The van der Waals surface area contributed by atoms with Crippen molar-refractivity contribution in [3.63, 3.8) is 0 Å². The van der Waals surface area contributed by atoms with Gasteiger partial charge in [0.15, 0.2) is 23.3 Å². The molecule has 0 unspecified atom stereocenters. The first-order chi connectivity index (χ1) is 9.82. The third-order valence-electron chi connectivity index (χ3n) is 3.69. The van der Waals surface area contributed by atoms with E-state index in [1.165, 1.54) is 0 Å². The van der Waals surface area contributed by atoms with Gasteiger partial charge in [-0.15, -0.1) is 0 Å². The van der Waals surface area contributed by atoms with Crippen LogP contribution in [0.4, 0.5) is 17.6 Å². The van der Waals surface area contributed by atoms with Gasteiger partial charge >= 0.3 is 0 Å². The molecule has 0 saturated heterocycles. The lowest BCUT2D eigenvalue weighted by molar-refractivity contribution is 0.417. The molecule has 21 heavy (non-hydrogen) atoms. The Balaban J connectivity index is 2.67. The first kappa shape index (κ1) is 13.8. The Morgan fingerprint density at radius 2 is 1.38 bits per heavy atom. The van der Waals surface area contributed by atoms with Crippen LogP contribution in [0, 0.1) is 44.0 Å². The molecule has 0 aliphatic rings. The van der Waals surface area contributed by atoms with Crippen LogP contribution in [0.2, 0.25) is 0 Å². The molecule has 0 aliphatic heterocycles. The predicted molar refractivity (Wildman–Crippen MR) is 73.3 cm³/mol. The Kier molecular flexibility index (Phi) is 2.90. The SMILES string of the molecule is Cc1cc(C)c2nc3c(F)c(F)c(F)c(F)c3c(C)c2c1. The van der Waals surface area contributed by atoms with Crippen molar-refractivity contribution < 1.29 is 17.6 Å². The molecule has 1 heterocycles. The molecule has 3 rings (SSSR count). The number of halogens is 4. The Labute approximate surface area is 118 Å². The number of aromatic nitrogens is 1. The molecule has 1 aromatic heterocycles. The molecule has 0 bridgehead atoms. The fourth-order valence-electron chi connectivity index (χ4n) is 2.71. The molecule has 0 amide bonds. The van der Waals surface area contributed by atoms with Gasteiger partial charge in [0, 0.05) is 10.8 Å². The second-order valence-corrected chi connectivity index (χ2v) is 5.19. The highest BCUT2D eigenvalue weighted by atomic mass is 19.2. The quantitative estimate of drug-likeness (QED) is 0.249. The van der Waals surface area contributed by atoms with Gasteiger partial charge in [-0.05, 0) is 38.0 Å². The van der Waals surface area contributed by atoms with Crippen LogP contribution in [0.3, 0.4) is 0 Å². The van der Waals surface area contributed by atoms with Crippen LogP contribution >= 0.6 is 0 Å². The number of aryl methyl sites for hydroxylation is 3. The van der Waals surface area contributed by atoms with Crippen molar-refractivity contribution in [3.05, 3.63) is 52.1 Å². The number of fused-ring (bicyclic) bond motifs is 2. The van der Waals surface area contributed by atoms with Gasteiger partial charge in [0.1, 0.15) is 5.52 Å². The highest BCUT2D eigenvalue weighted by molar-refractivity contribution is 5.99. The molecule has 0 fully saturated rings. The van der Waals surface area contributed by atoms with Gasteiger partial charge in [-0.3, -0.25) is 0 Å². The maximum atomic E-state index is 14.0. The normalized spacial score (nSPS) is 11.6. The zero-order chi connectivity index (χ0) is 15.5. The summed E-state index contributed by atoms with van der Waals surface area (Å²) >= 11 is 0. The molecule has 1 nitrogen and oxygen atoms in total. The van der Waals surface area contributed by atoms with Crippen LogP contribution in [0.15, 0.2) is 12.1 Å². The van der Waals surface area contributed by atoms with Gasteiger partial charge < -0.3 is 0 Å². The van der Waals surface area contributed by atoms with Crippen molar-refractivity contribution in [2.24, 2.45) is 0 Å². The van der Waals surface area contributed by atoms with E-state index >= 15 is 0 Å². The van der Waals surface area contributed by atoms with Crippen molar-refractivity contribution in [1.82, 2.24) is 4.98 Å². The minimum absolute atomic E-state index is 0.316. The summed E-state index contributed by atoms with van der Waals surface area (Å²) < 4.78 is 54.8. The summed E-state index contributed by atoms with van der Waals surface area (Å²) in [5.74, 6) is -6.52. The van der Waals surface area contributed by atoms with E-state index in [4.69, 9.17) is 0 Å². The van der Waals surface area contributed by atoms with Crippen molar-refractivity contribution in [3.8, 4) is 0 Å². The van der Waals surface area contributed by atoms with E-state index in [-0.39, 0.29) is 5.39 Å². The monoisotopic (exact) mass is 293 g/mol. The number of hydrogen-bond acceptors (Lipinski definition) is 1. The fraction of sp³-hybridized carbons (Fsp3) is 0.188. The average Bonchev–Trinajstić information content (AvgIpc) is 2.43. The second kappa shape index (κ2) is 4.41. The average molecular weight is 293 g/mol. The summed E-state index contributed by atoms with van der Waals surface area (Å²) in [5.41, 5.74) is 2.00. The maximum Gasteiger partial charge on any atom is 0.199 e. The maximum absolute atomic E-state index is 14.0. The van der Waals surface area contributed by atoms with Crippen molar-refractivity contribution in [2.75, 3.05) is 0 Å². The minimum atomic E-state index is -1.84. The van der Waals surface area contributed by atoms with Crippen LogP contribution in [0.25, 0.3) is 21.8 Å². The molecule has 0 aliphatic carbocycles. The Bertz CT molecular complexity index is 916. The van der Waals surface area contributed by atoms with Gasteiger partial charge in [0.2, 0.25) is 0 Å². The largest absolute Gasteiger partial charge is 0.244 e. The first-order valence-electron chi connectivity index (χ1n) is 6.36. The first-order valence-corrected chi connectivity index (χ1v) is 6.36. The molecule has 0 atom stereocenters. The summed E-state index contributed by atoms with van der Waals surface area (Å²) in [6.07, 6.45) is 0. The lowest BCUT2D eigenvalue weighted by atomic mass is 9.99. The highest BCUT2D eigenvalue weighted by Gasteiger charge is 2.24.